The SMILES string of the molecule is CCC1(C(=O)N2CCC[C@@H](c3n[nH]c(=S)n3C3CC3)C2)CCCC1. The zero-order valence-corrected chi connectivity index (χ0v) is 15.4. The lowest BCUT2D eigenvalue weighted by Crippen LogP contribution is -2.47. The molecular weight excluding hydrogens is 320 g/mol. The number of carbonyl (C=O) groups is 1. The Morgan fingerprint density at radius 2 is 2.04 bits per heavy atom. The highest BCUT2D eigenvalue weighted by Crippen LogP contribution is 2.44. The summed E-state index contributed by atoms with van der Waals surface area (Å²) in [6.45, 7) is 3.90. The molecule has 24 heavy (non-hydrogen) atoms. The van der Waals surface area contributed by atoms with Crippen molar-refractivity contribution in [3.8, 4) is 0 Å². The highest BCUT2D eigenvalue weighted by molar-refractivity contribution is 7.71. The number of nitrogens with zero attached hydrogens (tertiary/aromatic N) is 3. The molecule has 3 fully saturated rings. The fraction of sp³-hybridized carbons (Fsp3) is 0.833. The first kappa shape index (κ1) is 16.3. The van der Waals surface area contributed by atoms with Crippen LogP contribution in [-0.4, -0.2) is 38.7 Å². The maximum atomic E-state index is 13.2. The molecule has 1 N–H and O–H groups in total. The molecule has 1 amide bonds. The van der Waals surface area contributed by atoms with Gasteiger partial charge in [-0.15, -0.1) is 0 Å². The minimum absolute atomic E-state index is 0.0803. The van der Waals surface area contributed by atoms with Crippen LogP contribution >= 0.6 is 12.2 Å². The van der Waals surface area contributed by atoms with Gasteiger partial charge in [0, 0.05) is 30.5 Å². The Labute approximate surface area is 148 Å². The summed E-state index contributed by atoms with van der Waals surface area (Å²) in [5.41, 5.74) is -0.0803. The second-order valence-electron chi connectivity index (χ2n) is 7.92. The molecule has 0 spiro atoms. The van der Waals surface area contributed by atoms with Crippen LogP contribution in [0.3, 0.4) is 0 Å². The normalized spacial score (nSPS) is 26.7. The van der Waals surface area contributed by atoms with Gasteiger partial charge in [-0.05, 0) is 57.2 Å². The summed E-state index contributed by atoms with van der Waals surface area (Å²) in [6, 6.07) is 0.536. The smallest absolute Gasteiger partial charge is 0.228 e. The van der Waals surface area contributed by atoms with Crippen molar-refractivity contribution in [1.29, 1.82) is 0 Å². The van der Waals surface area contributed by atoms with Crippen LogP contribution < -0.4 is 0 Å². The fourth-order valence-electron chi connectivity index (χ4n) is 4.77. The van der Waals surface area contributed by atoms with Gasteiger partial charge in [-0.25, -0.2) is 0 Å². The van der Waals surface area contributed by atoms with E-state index in [2.05, 4.69) is 26.6 Å². The molecule has 2 saturated carbocycles. The van der Waals surface area contributed by atoms with Crippen molar-refractivity contribution in [2.75, 3.05) is 13.1 Å². The molecule has 1 aromatic rings. The average Bonchev–Trinajstić information content (AvgIpc) is 3.19. The largest absolute Gasteiger partial charge is 0.341 e. The van der Waals surface area contributed by atoms with Gasteiger partial charge in [0.05, 0.1) is 0 Å². The number of rotatable bonds is 4. The highest BCUT2D eigenvalue weighted by Gasteiger charge is 2.43. The molecule has 132 valence electrons. The zero-order valence-electron chi connectivity index (χ0n) is 14.6. The Morgan fingerprint density at radius 1 is 1.29 bits per heavy atom. The molecular formula is C18H28N4OS. The van der Waals surface area contributed by atoms with Gasteiger partial charge in [-0.3, -0.25) is 9.89 Å². The van der Waals surface area contributed by atoms with Gasteiger partial charge in [-0.2, -0.15) is 5.10 Å². The molecule has 1 atom stereocenters. The van der Waals surface area contributed by atoms with E-state index in [4.69, 9.17) is 12.2 Å². The van der Waals surface area contributed by atoms with Crippen molar-refractivity contribution >= 4 is 18.1 Å². The van der Waals surface area contributed by atoms with Gasteiger partial charge in [-0.1, -0.05) is 19.8 Å². The number of piperidine rings is 1. The summed E-state index contributed by atoms with van der Waals surface area (Å²) in [7, 11) is 0. The lowest BCUT2D eigenvalue weighted by atomic mass is 9.81. The van der Waals surface area contributed by atoms with Crippen LogP contribution in [0.2, 0.25) is 0 Å². The third-order valence-electron chi connectivity index (χ3n) is 6.41. The number of aromatic nitrogens is 3. The summed E-state index contributed by atoms with van der Waals surface area (Å²) < 4.78 is 2.97. The van der Waals surface area contributed by atoms with E-state index in [1.807, 2.05) is 0 Å². The second kappa shape index (κ2) is 6.28. The quantitative estimate of drug-likeness (QED) is 0.838. The number of amides is 1. The molecule has 0 unspecified atom stereocenters. The first-order valence-electron chi connectivity index (χ1n) is 9.61. The lowest BCUT2D eigenvalue weighted by Gasteiger charge is -2.38. The zero-order chi connectivity index (χ0) is 16.7. The number of likely N-dealkylation sites (tertiary alicyclic amines) is 1. The summed E-state index contributed by atoms with van der Waals surface area (Å²) >= 11 is 5.43. The number of aromatic amines is 1. The van der Waals surface area contributed by atoms with Gasteiger partial charge >= 0.3 is 0 Å². The van der Waals surface area contributed by atoms with E-state index in [1.54, 1.807) is 0 Å². The highest BCUT2D eigenvalue weighted by atomic mass is 32.1. The molecule has 4 rings (SSSR count). The van der Waals surface area contributed by atoms with E-state index in [1.165, 1.54) is 25.7 Å². The number of carbonyl (C=O) groups excluding carboxylic acids is 1. The molecule has 6 heteroatoms. The van der Waals surface area contributed by atoms with Gasteiger partial charge < -0.3 is 9.47 Å². The number of hydrogen-bond donors (Lipinski definition) is 1. The molecule has 5 nitrogen and oxygen atoms in total. The van der Waals surface area contributed by atoms with E-state index in [-0.39, 0.29) is 5.41 Å². The van der Waals surface area contributed by atoms with Crippen LogP contribution in [0.25, 0.3) is 0 Å². The third kappa shape index (κ3) is 2.72. The van der Waals surface area contributed by atoms with Crippen molar-refractivity contribution in [2.24, 2.45) is 5.41 Å². The maximum Gasteiger partial charge on any atom is 0.228 e. The van der Waals surface area contributed by atoms with Gasteiger partial charge in [0.15, 0.2) is 4.77 Å². The van der Waals surface area contributed by atoms with Crippen LogP contribution in [-0.2, 0) is 4.79 Å². The molecule has 0 bridgehead atoms. The van der Waals surface area contributed by atoms with Crippen molar-refractivity contribution < 1.29 is 4.79 Å². The molecule has 1 saturated heterocycles. The predicted octanol–water partition coefficient (Wildman–Crippen LogP) is 3.95. The minimum atomic E-state index is -0.0803. The van der Waals surface area contributed by atoms with Gasteiger partial charge in [0.1, 0.15) is 5.82 Å². The van der Waals surface area contributed by atoms with E-state index in [0.29, 0.717) is 17.9 Å². The van der Waals surface area contributed by atoms with Gasteiger partial charge in [0.25, 0.3) is 0 Å². The Kier molecular flexibility index (Phi) is 4.27. The summed E-state index contributed by atoms with van der Waals surface area (Å²) in [4.78, 5) is 15.4. The fourth-order valence-corrected chi connectivity index (χ4v) is 5.06. The van der Waals surface area contributed by atoms with E-state index in [9.17, 15) is 4.79 Å². The molecule has 3 aliphatic rings. The third-order valence-corrected chi connectivity index (χ3v) is 6.70. The lowest BCUT2D eigenvalue weighted by molar-refractivity contribution is -0.143. The molecule has 2 aliphatic carbocycles. The van der Waals surface area contributed by atoms with Crippen LogP contribution in [0.4, 0.5) is 0 Å². The standard InChI is InChI=1S/C18H28N4OS/c1-2-18(9-3-4-10-18)16(23)21-11-5-6-13(12-21)15-19-20-17(24)22(15)14-7-8-14/h13-14H,2-12H2,1H3,(H,20,24)/t13-/m1/s1. The Bertz CT molecular complexity index is 669. The van der Waals surface area contributed by atoms with E-state index >= 15 is 0 Å². The second-order valence-corrected chi connectivity index (χ2v) is 8.31. The van der Waals surface area contributed by atoms with Crippen LogP contribution in [0, 0.1) is 10.2 Å². The molecule has 0 radical (unpaired) electrons. The number of H-pyrrole nitrogens is 1. The van der Waals surface area contributed by atoms with Crippen LogP contribution in [0.5, 0.6) is 0 Å². The maximum absolute atomic E-state index is 13.2. The summed E-state index contributed by atoms with van der Waals surface area (Å²) in [6.07, 6.45) is 10.1. The Morgan fingerprint density at radius 3 is 2.71 bits per heavy atom. The first-order chi connectivity index (χ1) is 11.6. The van der Waals surface area contributed by atoms with Crippen molar-refractivity contribution in [3.05, 3.63) is 10.6 Å². The Hall–Kier alpha value is -1.17. The Balaban J connectivity index is 1.54. The van der Waals surface area contributed by atoms with Crippen molar-refractivity contribution in [2.45, 2.75) is 76.7 Å². The monoisotopic (exact) mass is 348 g/mol. The van der Waals surface area contributed by atoms with Crippen LogP contribution in [0.15, 0.2) is 0 Å². The van der Waals surface area contributed by atoms with E-state index < -0.39 is 0 Å². The predicted molar refractivity (Wildman–Crippen MR) is 95.4 cm³/mol. The molecule has 1 aliphatic heterocycles. The summed E-state index contributed by atoms with van der Waals surface area (Å²) in [5, 5.41) is 7.52. The number of nitrogens with one attached hydrogen (secondary N) is 1. The van der Waals surface area contributed by atoms with Gasteiger partial charge in [0.2, 0.25) is 5.91 Å². The topological polar surface area (TPSA) is 53.9 Å². The number of hydrogen-bond acceptors (Lipinski definition) is 3. The molecule has 2 heterocycles. The van der Waals surface area contributed by atoms with Crippen molar-refractivity contribution in [3.63, 3.8) is 0 Å². The van der Waals surface area contributed by atoms with Crippen LogP contribution in [0.1, 0.15) is 82.5 Å². The minimum Gasteiger partial charge on any atom is -0.341 e. The molecule has 1 aromatic heterocycles. The first-order valence-corrected chi connectivity index (χ1v) is 10.0. The average molecular weight is 349 g/mol. The molecule has 0 aromatic carbocycles. The van der Waals surface area contributed by atoms with Crippen molar-refractivity contribution in [1.82, 2.24) is 19.7 Å². The van der Waals surface area contributed by atoms with E-state index in [0.717, 1.165) is 55.8 Å². The summed E-state index contributed by atoms with van der Waals surface area (Å²) in [5.74, 6) is 1.81.